The quantitative estimate of drug-likeness (QED) is 0.823. The van der Waals surface area contributed by atoms with E-state index in [2.05, 4.69) is 23.3 Å². The van der Waals surface area contributed by atoms with Crippen molar-refractivity contribution in [2.75, 3.05) is 18.5 Å². The van der Waals surface area contributed by atoms with Crippen LogP contribution in [0.4, 0.5) is 5.69 Å². The lowest BCUT2D eigenvalue weighted by molar-refractivity contribution is 0.183. The molecule has 1 aliphatic rings. The van der Waals surface area contributed by atoms with Crippen LogP contribution in [0.3, 0.4) is 0 Å². The number of rotatable bonds is 3. The van der Waals surface area contributed by atoms with Gasteiger partial charge in [-0.25, -0.2) is 0 Å². The molecule has 1 aromatic rings. The van der Waals surface area contributed by atoms with Crippen molar-refractivity contribution in [1.82, 2.24) is 4.98 Å². The van der Waals surface area contributed by atoms with Gasteiger partial charge >= 0.3 is 0 Å². The summed E-state index contributed by atoms with van der Waals surface area (Å²) in [4.78, 5) is 4.27. The number of hydrogen-bond acceptors (Lipinski definition) is 3. The third-order valence-corrected chi connectivity index (χ3v) is 2.98. The molecule has 2 rings (SSSR count). The lowest BCUT2D eigenvalue weighted by atomic mass is 10.0. The van der Waals surface area contributed by atoms with Crippen LogP contribution < -0.4 is 5.32 Å². The van der Waals surface area contributed by atoms with Gasteiger partial charge in [0.2, 0.25) is 0 Å². The zero-order valence-corrected chi connectivity index (χ0v) is 9.36. The fourth-order valence-electron chi connectivity index (χ4n) is 1.88. The average Bonchev–Trinajstić information content (AvgIpc) is 2.74. The van der Waals surface area contributed by atoms with Gasteiger partial charge in [-0.3, -0.25) is 4.98 Å². The molecule has 1 aromatic heterocycles. The fourth-order valence-corrected chi connectivity index (χ4v) is 1.88. The Morgan fingerprint density at radius 2 is 2.40 bits per heavy atom. The first-order chi connectivity index (χ1) is 7.25. The van der Waals surface area contributed by atoms with Gasteiger partial charge in [0.15, 0.2) is 0 Å². The Hall–Kier alpha value is -1.09. The molecule has 1 saturated heterocycles. The van der Waals surface area contributed by atoms with Gasteiger partial charge in [-0.2, -0.15) is 0 Å². The molecule has 0 amide bonds. The highest BCUT2D eigenvalue weighted by Crippen LogP contribution is 2.19. The van der Waals surface area contributed by atoms with Crippen LogP contribution in [0.15, 0.2) is 18.3 Å². The molecule has 3 nitrogen and oxygen atoms in total. The third-order valence-electron chi connectivity index (χ3n) is 2.98. The monoisotopic (exact) mass is 206 g/mol. The highest BCUT2D eigenvalue weighted by atomic mass is 16.5. The molecule has 0 radical (unpaired) electrons. The summed E-state index contributed by atoms with van der Waals surface area (Å²) in [5.41, 5.74) is 2.15. The number of nitrogens with one attached hydrogen (secondary N) is 1. The van der Waals surface area contributed by atoms with Gasteiger partial charge in [-0.1, -0.05) is 0 Å². The van der Waals surface area contributed by atoms with E-state index in [0.29, 0.717) is 12.0 Å². The van der Waals surface area contributed by atoms with Gasteiger partial charge in [0, 0.05) is 24.3 Å². The van der Waals surface area contributed by atoms with Gasteiger partial charge in [0.25, 0.3) is 0 Å². The van der Waals surface area contributed by atoms with E-state index in [1.54, 1.807) is 0 Å². The van der Waals surface area contributed by atoms with E-state index < -0.39 is 0 Å². The van der Waals surface area contributed by atoms with Crippen molar-refractivity contribution >= 4 is 5.69 Å². The van der Waals surface area contributed by atoms with Crippen LogP contribution in [-0.2, 0) is 4.74 Å². The van der Waals surface area contributed by atoms with Crippen LogP contribution in [0, 0.1) is 12.8 Å². The Labute approximate surface area is 90.9 Å². The molecule has 0 aliphatic carbocycles. The van der Waals surface area contributed by atoms with Crippen LogP contribution in [-0.4, -0.2) is 24.2 Å². The number of hydrogen-bond donors (Lipinski definition) is 1. The topological polar surface area (TPSA) is 34.1 Å². The average molecular weight is 206 g/mol. The summed E-state index contributed by atoms with van der Waals surface area (Å²) in [6.07, 6.45) is 3.05. The van der Waals surface area contributed by atoms with Crippen LogP contribution >= 0.6 is 0 Å². The minimum absolute atomic E-state index is 0.456. The minimum Gasteiger partial charge on any atom is -0.381 e. The second-order valence-corrected chi connectivity index (χ2v) is 4.24. The first kappa shape index (κ1) is 10.4. The number of aromatic nitrogens is 1. The SMILES string of the molecule is Cc1ccc(NC(C)C2CCOC2)cn1. The lowest BCUT2D eigenvalue weighted by Gasteiger charge is -2.20. The molecule has 2 atom stereocenters. The fraction of sp³-hybridized carbons (Fsp3) is 0.583. The van der Waals surface area contributed by atoms with E-state index in [1.165, 1.54) is 0 Å². The smallest absolute Gasteiger partial charge is 0.0529 e. The Bertz CT molecular complexity index is 304. The molecule has 1 N–H and O–H groups in total. The van der Waals surface area contributed by atoms with Crippen molar-refractivity contribution in [2.45, 2.75) is 26.3 Å². The van der Waals surface area contributed by atoms with Gasteiger partial charge in [0.1, 0.15) is 0 Å². The summed E-state index contributed by atoms with van der Waals surface area (Å²) in [5, 5.41) is 3.47. The Morgan fingerprint density at radius 1 is 1.53 bits per heavy atom. The van der Waals surface area contributed by atoms with Crippen molar-refractivity contribution in [2.24, 2.45) is 5.92 Å². The summed E-state index contributed by atoms with van der Waals surface area (Å²) in [6.45, 7) is 5.99. The molecule has 0 spiro atoms. The Balaban J connectivity index is 1.92. The van der Waals surface area contributed by atoms with Crippen LogP contribution in [0.1, 0.15) is 19.0 Å². The third kappa shape index (κ3) is 2.69. The van der Waals surface area contributed by atoms with Gasteiger partial charge < -0.3 is 10.1 Å². The van der Waals surface area contributed by atoms with Crippen molar-refractivity contribution in [3.8, 4) is 0 Å². The summed E-state index contributed by atoms with van der Waals surface area (Å²) < 4.78 is 5.38. The number of anilines is 1. The predicted molar refractivity (Wildman–Crippen MR) is 61.0 cm³/mol. The highest BCUT2D eigenvalue weighted by molar-refractivity contribution is 5.41. The van der Waals surface area contributed by atoms with Gasteiger partial charge in [-0.05, 0) is 32.4 Å². The molecule has 3 heteroatoms. The van der Waals surface area contributed by atoms with E-state index in [1.807, 2.05) is 19.2 Å². The maximum absolute atomic E-state index is 5.38. The minimum atomic E-state index is 0.456. The Morgan fingerprint density at radius 3 is 3.00 bits per heavy atom. The van der Waals surface area contributed by atoms with E-state index in [-0.39, 0.29) is 0 Å². The van der Waals surface area contributed by atoms with E-state index in [0.717, 1.165) is 31.0 Å². The van der Waals surface area contributed by atoms with Crippen molar-refractivity contribution in [3.63, 3.8) is 0 Å². The predicted octanol–water partition coefficient (Wildman–Crippen LogP) is 2.23. The molecule has 1 fully saturated rings. The van der Waals surface area contributed by atoms with Crippen molar-refractivity contribution in [1.29, 1.82) is 0 Å². The molecular weight excluding hydrogens is 188 g/mol. The molecule has 2 heterocycles. The highest BCUT2D eigenvalue weighted by Gasteiger charge is 2.21. The Kier molecular flexibility index (Phi) is 3.21. The zero-order valence-electron chi connectivity index (χ0n) is 9.36. The second kappa shape index (κ2) is 4.62. The van der Waals surface area contributed by atoms with Crippen LogP contribution in [0.5, 0.6) is 0 Å². The maximum Gasteiger partial charge on any atom is 0.0529 e. The van der Waals surface area contributed by atoms with Crippen molar-refractivity contribution in [3.05, 3.63) is 24.0 Å². The summed E-state index contributed by atoms with van der Waals surface area (Å²) in [6, 6.07) is 4.56. The van der Waals surface area contributed by atoms with E-state index in [4.69, 9.17) is 4.74 Å². The summed E-state index contributed by atoms with van der Waals surface area (Å²) in [5.74, 6) is 0.631. The van der Waals surface area contributed by atoms with Gasteiger partial charge in [-0.15, -0.1) is 0 Å². The molecule has 0 saturated carbocycles. The van der Waals surface area contributed by atoms with Gasteiger partial charge in [0.05, 0.1) is 18.5 Å². The number of aryl methyl sites for hydroxylation is 1. The molecular formula is C12H18N2O. The molecule has 0 bridgehead atoms. The first-order valence-electron chi connectivity index (χ1n) is 5.52. The van der Waals surface area contributed by atoms with Crippen LogP contribution in [0.2, 0.25) is 0 Å². The standard InChI is InChI=1S/C12H18N2O/c1-9-3-4-12(7-13-9)14-10(2)11-5-6-15-8-11/h3-4,7,10-11,14H,5-6,8H2,1-2H3. The number of nitrogens with zero attached hydrogens (tertiary/aromatic N) is 1. The van der Waals surface area contributed by atoms with E-state index in [9.17, 15) is 0 Å². The maximum atomic E-state index is 5.38. The van der Waals surface area contributed by atoms with Crippen molar-refractivity contribution < 1.29 is 4.74 Å². The van der Waals surface area contributed by atoms with Crippen LogP contribution in [0.25, 0.3) is 0 Å². The van der Waals surface area contributed by atoms with E-state index >= 15 is 0 Å². The lowest BCUT2D eigenvalue weighted by Crippen LogP contribution is -2.26. The summed E-state index contributed by atoms with van der Waals surface area (Å²) >= 11 is 0. The zero-order chi connectivity index (χ0) is 10.7. The molecule has 2 unspecified atom stereocenters. The largest absolute Gasteiger partial charge is 0.381 e. The molecule has 1 aliphatic heterocycles. The number of pyridine rings is 1. The molecule has 15 heavy (non-hydrogen) atoms. The normalized spacial score (nSPS) is 22.7. The second-order valence-electron chi connectivity index (χ2n) is 4.24. The summed E-state index contributed by atoms with van der Waals surface area (Å²) in [7, 11) is 0. The first-order valence-corrected chi connectivity index (χ1v) is 5.52. The number of ether oxygens (including phenoxy) is 1. The molecule has 0 aromatic carbocycles. The molecule has 82 valence electrons.